The van der Waals surface area contributed by atoms with Crippen LogP contribution in [0.15, 0.2) is 46.8 Å². The summed E-state index contributed by atoms with van der Waals surface area (Å²) in [7, 11) is 0. The Kier molecular flexibility index (Phi) is 5.28. The van der Waals surface area contributed by atoms with Crippen LogP contribution in [0.1, 0.15) is 24.5 Å². The summed E-state index contributed by atoms with van der Waals surface area (Å²) in [5.41, 5.74) is 2.12. The van der Waals surface area contributed by atoms with Crippen LogP contribution in [-0.4, -0.2) is 26.9 Å². The number of thiophene rings is 1. The second-order valence-electron chi connectivity index (χ2n) is 6.12. The van der Waals surface area contributed by atoms with Crippen LogP contribution in [-0.2, 0) is 17.9 Å². The molecule has 0 aliphatic heterocycles. The summed E-state index contributed by atoms with van der Waals surface area (Å²) in [6.45, 7) is 5.31. The Morgan fingerprint density at radius 3 is 2.72 bits per heavy atom. The first-order valence-corrected chi connectivity index (χ1v) is 9.22. The number of fused-ring (bicyclic) bond motifs is 1. The standard InChI is InChI=1S/C19H21N3O2S/c1-3-9-21(11-15-6-4-14(2)5-7-15)17(23)12-22-13-20-18-16(19(22)24)8-10-25-18/h4-8,10,13H,3,9,11-12H2,1-2H3. The van der Waals surface area contributed by atoms with Gasteiger partial charge in [-0.15, -0.1) is 11.3 Å². The van der Waals surface area contributed by atoms with Gasteiger partial charge in [0.25, 0.3) is 5.56 Å². The van der Waals surface area contributed by atoms with E-state index >= 15 is 0 Å². The van der Waals surface area contributed by atoms with Gasteiger partial charge in [0, 0.05) is 13.1 Å². The number of rotatable bonds is 6. The monoisotopic (exact) mass is 355 g/mol. The van der Waals surface area contributed by atoms with Gasteiger partial charge in [0.15, 0.2) is 0 Å². The van der Waals surface area contributed by atoms with E-state index in [1.54, 1.807) is 11.0 Å². The smallest absolute Gasteiger partial charge is 0.262 e. The van der Waals surface area contributed by atoms with Crippen molar-refractivity contribution in [1.29, 1.82) is 0 Å². The Hall–Kier alpha value is -2.47. The number of nitrogens with zero attached hydrogens (tertiary/aromatic N) is 3. The Bertz CT molecular complexity index is 928. The quantitative estimate of drug-likeness (QED) is 0.682. The minimum Gasteiger partial charge on any atom is -0.337 e. The van der Waals surface area contributed by atoms with Crippen molar-refractivity contribution in [3.63, 3.8) is 0 Å². The zero-order valence-corrected chi connectivity index (χ0v) is 15.3. The zero-order chi connectivity index (χ0) is 17.8. The summed E-state index contributed by atoms with van der Waals surface area (Å²) >= 11 is 1.43. The van der Waals surface area contributed by atoms with E-state index in [4.69, 9.17) is 0 Å². The molecule has 130 valence electrons. The largest absolute Gasteiger partial charge is 0.337 e. The van der Waals surface area contributed by atoms with E-state index in [0.29, 0.717) is 23.3 Å². The summed E-state index contributed by atoms with van der Waals surface area (Å²) in [4.78, 5) is 32.0. The lowest BCUT2D eigenvalue weighted by molar-refractivity contribution is -0.132. The number of aromatic nitrogens is 2. The van der Waals surface area contributed by atoms with E-state index in [-0.39, 0.29) is 18.0 Å². The molecule has 0 N–H and O–H groups in total. The van der Waals surface area contributed by atoms with Crippen molar-refractivity contribution in [2.45, 2.75) is 33.4 Å². The van der Waals surface area contributed by atoms with Crippen LogP contribution >= 0.6 is 11.3 Å². The van der Waals surface area contributed by atoms with Gasteiger partial charge in [0.1, 0.15) is 11.4 Å². The van der Waals surface area contributed by atoms with Gasteiger partial charge in [-0.25, -0.2) is 4.98 Å². The van der Waals surface area contributed by atoms with Crippen molar-refractivity contribution in [3.05, 3.63) is 63.5 Å². The molecule has 3 aromatic rings. The molecule has 1 aromatic carbocycles. The summed E-state index contributed by atoms with van der Waals surface area (Å²) in [5, 5.41) is 2.41. The summed E-state index contributed by atoms with van der Waals surface area (Å²) < 4.78 is 1.40. The molecular weight excluding hydrogens is 334 g/mol. The number of amides is 1. The van der Waals surface area contributed by atoms with Crippen molar-refractivity contribution in [2.75, 3.05) is 6.54 Å². The van der Waals surface area contributed by atoms with E-state index < -0.39 is 0 Å². The fraction of sp³-hybridized carbons (Fsp3) is 0.316. The van der Waals surface area contributed by atoms with Gasteiger partial charge >= 0.3 is 0 Å². The molecule has 0 unspecified atom stereocenters. The van der Waals surface area contributed by atoms with Gasteiger partial charge in [-0.1, -0.05) is 36.8 Å². The summed E-state index contributed by atoms with van der Waals surface area (Å²) in [6, 6.07) is 9.92. The van der Waals surface area contributed by atoms with Crippen LogP contribution in [0.2, 0.25) is 0 Å². The highest BCUT2D eigenvalue weighted by molar-refractivity contribution is 7.16. The highest BCUT2D eigenvalue weighted by atomic mass is 32.1. The molecule has 5 nitrogen and oxygen atoms in total. The van der Waals surface area contributed by atoms with Crippen molar-refractivity contribution in [1.82, 2.24) is 14.5 Å². The minimum atomic E-state index is -0.161. The fourth-order valence-corrected chi connectivity index (χ4v) is 3.45. The maximum absolute atomic E-state index is 12.7. The van der Waals surface area contributed by atoms with Crippen LogP contribution in [0.3, 0.4) is 0 Å². The van der Waals surface area contributed by atoms with Gasteiger partial charge < -0.3 is 4.90 Å². The predicted molar refractivity (Wildman–Crippen MR) is 101 cm³/mol. The molecule has 25 heavy (non-hydrogen) atoms. The van der Waals surface area contributed by atoms with Crippen LogP contribution in [0.5, 0.6) is 0 Å². The predicted octanol–water partition coefficient (Wildman–Crippen LogP) is 3.21. The third kappa shape index (κ3) is 3.96. The Morgan fingerprint density at radius 1 is 1.24 bits per heavy atom. The van der Waals surface area contributed by atoms with Crippen molar-refractivity contribution in [2.24, 2.45) is 0 Å². The third-order valence-corrected chi connectivity index (χ3v) is 4.92. The molecule has 3 rings (SSSR count). The Morgan fingerprint density at radius 2 is 2.00 bits per heavy atom. The number of aryl methyl sites for hydroxylation is 1. The van der Waals surface area contributed by atoms with Gasteiger partial charge in [0.2, 0.25) is 5.91 Å². The van der Waals surface area contributed by atoms with Crippen LogP contribution < -0.4 is 5.56 Å². The van der Waals surface area contributed by atoms with Crippen LogP contribution in [0, 0.1) is 6.92 Å². The molecule has 2 heterocycles. The van der Waals surface area contributed by atoms with Crippen molar-refractivity contribution in [3.8, 4) is 0 Å². The molecule has 0 saturated heterocycles. The lowest BCUT2D eigenvalue weighted by atomic mass is 10.1. The fourth-order valence-electron chi connectivity index (χ4n) is 2.73. The second-order valence-corrected chi connectivity index (χ2v) is 7.01. The average molecular weight is 355 g/mol. The number of benzene rings is 1. The topological polar surface area (TPSA) is 55.2 Å². The van der Waals surface area contributed by atoms with E-state index in [9.17, 15) is 9.59 Å². The number of hydrogen-bond donors (Lipinski definition) is 0. The molecule has 0 fully saturated rings. The molecule has 0 atom stereocenters. The molecule has 0 aliphatic carbocycles. The zero-order valence-electron chi connectivity index (χ0n) is 14.4. The first kappa shape index (κ1) is 17.4. The van der Waals surface area contributed by atoms with E-state index in [0.717, 1.165) is 12.0 Å². The molecular formula is C19H21N3O2S. The lowest BCUT2D eigenvalue weighted by Gasteiger charge is -2.22. The van der Waals surface area contributed by atoms with Crippen LogP contribution in [0.4, 0.5) is 0 Å². The summed E-state index contributed by atoms with van der Waals surface area (Å²) in [6.07, 6.45) is 2.34. The highest BCUT2D eigenvalue weighted by Gasteiger charge is 2.15. The van der Waals surface area contributed by atoms with Gasteiger partial charge in [-0.2, -0.15) is 0 Å². The molecule has 0 saturated carbocycles. The SMILES string of the molecule is CCCN(Cc1ccc(C)cc1)C(=O)Cn1cnc2sccc2c1=O. The van der Waals surface area contributed by atoms with Crippen molar-refractivity contribution >= 4 is 27.5 Å². The molecule has 0 aliphatic rings. The van der Waals surface area contributed by atoms with E-state index in [1.807, 2.05) is 43.5 Å². The molecule has 2 aromatic heterocycles. The van der Waals surface area contributed by atoms with Gasteiger partial charge in [-0.3, -0.25) is 14.2 Å². The van der Waals surface area contributed by atoms with E-state index in [1.165, 1.54) is 27.8 Å². The Balaban J connectivity index is 1.78. The van der Waals surface area contributed by atoms with Crippen LogP contribution in [0.25, 0.3) is 10.2 Å². The molecule has 0 spiro atoms. The lowest BCUT2D eigenvalue weighted by Crippen LogP contribution is -2.36. The first-order chi connectivity index (χ1) is 12.1. The highest BCUT2D eigenvalue weighted by Crippen LogP contribution is 2.13. The normalized spacial score (nSPS) is 11.0. The number of carbonyl (C=O) groups excluding carboxylic acids is 1. The number of carbonyl (C=O) groups is 1. The second kappa shape index (κ2) is 7.61. The average Bonchev–Trinajstić information content (AvgIpc) is 3.08. The number of hydrogen-bond acceptors (Lipinski definition) is 4. The molecule has 0 bridgehead atoms. The van der Waals surface area contributed by atoms with Gasteiger partial charge in [0.05, 0.1) is 11.7 Å². The molecule has 1 amide bonds. The molecule has 6 heteroatoms. The molecule has 0 radical (unpaired) electrons. The van der Waals surface area contributed by atoms with Crippen molar-refractivity contribution < 1.29 is 4.79 Å². The van der Waals surface area contributed by atoms with E-state index in [2.05, 4.69) is 4.98 Å². The maximum atomic E-state index is 12.7. The first-order valence-electron chi connectivity index (χ1n) is 8.34. The van der Waals surface area contributed by atoms with Gasteiger partial charge in [-0.05, 0) is 30.4 Å². The minimum absolute atomic E-state index is 0.0173. The maximum Gasteiger partial charge on any atom is 0.262 e. The Labute approximate surface area is 150 Å². The third-order valence-electron chi connectivity index (χ3n) is 4.10. The summed E-state index contributed by atoms with van der Waals surface area (Å²) in [5.74, 6) is -0.0686.